The largest absolute Gasteiger partial charge is 0.462 e. The number of ether oxygens (including phenoxy) is 1. The highest BCUT2D eigenvalue weighted by molar-refractivity contribution is 7.15. The van der Waals surface area contributed by atoms with Crippen molar-refractivity contribution in [2.75, 3.05) is 44.6 Å². The zero-order valence-electron chi connectivity index (χ0n) is 17.6. The van der Waals surface area contributed by atoms with Gasteiger partial charge in [-0.25, -0.2) is 4.79 Å². The minimum atomic E-state index is -0.538. The number of nitrogens with one attached hydrogen (secondary N) is 2. The predicted molar refractivity (Wildman–Crippen MR) is 115 cm³/mol. The Morgan fingerprint density at radius 2 is 1.81 bits per heavy atom. The highest BCUT2D eigenvalue weighted by Gasteiger charge is 2.33. The van der Waals surface area contributed by atoms with E-state index in [4.69, 9.17) is 4.74 Å². The molecule has 4 rings (SSSR count). The quantitative estimate of drug-likeness (QED) is 0.479. The van der Waals surface area contributed by atoms with Crippen LogP contribution in [0.5, 0.6) is 0 Å². The summed E-state index contributed by atoms with van der Waals surface area (Å²) in [4.78, 5) is 52.7. The maximum Gasteiger partial charge on any atom is 0.341 e. The minimum Gasteiger partial charge on any atom is -0.462 e. The van der Waals surface area contributed by atoms with Gasteiger partial charge in [0, 0.05) is 32.2 Å². The third-order valence-corrected chi connectivity index (χ3v) is 6.62. The molecule has 1 saturated heterocycles. The Bertz CT molecular complexity index is 869. The fourth-order valence-electron chi connectivity index (χ4n) is 3.67. The Morgan fingerprint density at radius 1 is 1.10 bits per heavy atom. The lowest BCUT2D eigenvalue weighted by Crippen LogP contribution is -2.53. The van der Waals surface area contributed by atoms with Crippen molar-refractivity contribution in [3.05, 3.63) is 16.5 Å². The number of nitrogens with zero attached hydrogens (tertiary/aromatic N) is 2. The van der Waals surface area contributed by atoms with Crippen LogP contribution >= 0.6 is 11.3 Å². The van der Waals surface area contributed by atoms with Crippen LogP contribution in [0.25, 0.3) is 0 Å². The summed E-state index contributed by atoms with van der Waals surface area (Å²) < 4.78 is 5.19. The van der Waals surface area contributed by atoms with E-state index in [-0.39, 0.29) is 25.1 Å². The first-order chi connectivity index (χ1) is 15.0. The van der Waals surface area contributed by atoms with Crippen molar-refractivity contribution in [2.24, 2.45) is 0 Å². The molecule has 2 aliphatic carbocycles. The number of rotatable bonds is 7. The van der Waals surface area contributed by atoms with Crippen LogP contribution < -0.4 is 10.6 Å². The number of hydrogen-bond donors (Lipinski definition) is 2. The number of piperazine rings is 1. The normalized spacial score (nSPS) is 19.1. The van der Waals surface area contributed by atoms with Crippen LogP contribution in [0.4, 0.5) is 5.00 Å². The fourth-order valence-corrected chi connectivity index (χ4v) is 4.72. The van der Waals surface area contributed by atoms with Gasteiger partial charge in [0.1, 0.15) is 5.00 Å². The van der Waals surface area contributed by atoms with Gasteiger partial charge >= 0.3 is 17.8 Å². The number of carbonyl (C=O) groups excluding carboxylic acids is 4. The van der Waals surface area contributed by atoms with Gasteiger partial charge in [-0.3, -0.25) is 19.3 Å². The first-order valence-corrected chi connectivity index (χ1v) is 11.7. The van der Waals surface area contributed by atoms with Gasteiger partial charge in [0.15, 0.2) is 0 Å². The number of amides is 3. The molecule has 3 amide bonds. The average molecular weight is 449 g/mol. The summed E-state index contributed by atoms with van der Waals surface area (Å²) in [7, 11) is 0. The first-order valence-electron chi connectivity index (χ1n) is 10.9. The number of anilines is 1. The Labute approximate surface area is 185 Å². The summed E-state index contributed by atoms with van der Waals surface area (Å²) in [5.41, 5.74) is 1.45. The molecule has 0 bridgehead atoms. The maximum absolute atomic E-state index is 12.6. The van der Waals surface area contributed by atoms with E-state index in [1.807, 2.05) is 10.3 Å². The molecule has 31 heavy (non-hydrogen) atoms. The molecule has 3 aliphatic rings. The second-order valence-electron chi connectivity index (χ2n) is 8.25. The number of carbonyl (C=O) groups is 4. The Kier molecular flexibility index (Phi) is 6.57. The van der Waals surface area contributed by atoms with Crippen molar-refractivity contribution in [3.63, 3.8) is 0 Å². The molecule has 0 unspecified atom stereocenters. The highest BCUT2D eigenvalue weighted by atomic mass is 32.1. The zero-order valence-corrected chi connectivity index (χ0v) is 18.5. The van der Waals surface area contributed by atoms with Gasteiger partial charge in [-0.15, -0.1) is 11.3 Å². The van der Waals surface area contributed by atoms with E-state index >= 15 is 0 Å². The number of hydrogen-bond acceptors (Lipinski definition) is 7. The van der Waals surface area contributed by atoms with Crippen molar-refractivity contribution in [1.82, 2.24) is 15.1 Å². The van der Waals surface area contributed by atoms with Crippen LogP contribution in [0.2, 0.25) is 0 Å². The molecule has 9 nitrogen and oxygen atoms in total. The molecule has 2 heterocycles. The van der Waals surface area contributed by atoms with Crippen molar-refractivity contribution in [2.45, 2.75) is 44.6 Å². The average Bonchev–Trinajstić information content (AvgIpc) is 3.68. The second kappa shape index (κ2) is 9.35. The van der Waals surface area contributed by atoms with Gasteiger partial charge in [0.25, 0.3) is 0 Å². The van der Waals surface area contributed by atoms with Gasteiger partial charge in [-0.2, -0.15) is 0 Å². The Balaban J connectivity index is 1.28. The molecule has 10 heteroatoms. The van der Waals surface area contributed by atoms with E-state index in [0.717, 1.165) is 31.2 Å². The van der Waals surface area contributed by atoms with E-state index < -0.39 is 17.8 Å². The summed E-state index contributed by atoms with van der Waals surface area (Å²) in [6.45, 7) is 4.05. The van der Waals surface area contributed by atoms with Gasteiger partial charge in [-0.1, -0.05) is 0 Å². The molecule has 2 N–H and O–H groups in total. The van der Waals surface area contributed by atoms with Crippen molar-refractivity contribution in [1.29, 1.82) is 0 Å². The van der Waals surface area contributed by atoms with Crippen LogP contribution in [0.15, 0.2) is 5.38 Å². The van der Waals surface area contributed by atoms with E-state index in [0.29, 0.717) is 42.7 Å². The van der Waals surface area contributed by atoms with E-state index in [1.54, 1.807) is 6.92 Å². The van der Waals surface area contributed by atoms with Crippen LogP contribution in [0.3, 0.4) is 0 Å². The zero-order chi connectivity index (χ0) is 22.0. The topological polar surface area (TPSA) is 108 Å². The van der Waals surface area contributed by atoms with E-state index in [1.165, 1.54) is 16.2 Å². The van der Waals surface area contributed by atoms with Crippen LogP contribution in [0, 0.1) is 0 Å². The molecule has 1 aromatic rings. The van der Waals surface area contributed by atoms with Gasteiger partial charge in [0.2, 0.25) is 5.91 Å². The van der Waals surface area contributed by atoms with Crippen molar-refractivity contribution >= 4 is 40.0 Å². The number of esters is 1. The lowest BCUT2D eigenvalue weighted by Gasteiger charge is -2.33. The van der Waals surface area contributed by atoms with Gasteiger partial charge in [-0.05, 0) is 49.5 Å². The summed E-state index contributed by atoms with van der Waals surface area (Å²) in [5.74, 6) is -1.26. The van der Waals surface area contributed by atoms with E-state index in [9.17, 15) is 19.2 Å². The van der Waals surface area contributed by atoms with Crippen molar-refractivity contribution < 1.29 is 23.9 Å². The SMILES string of the molecule is CCOC(=O)c1c(C2CC2)csc1NC(=O)CN1CCN(C(=O)C(=O)NC2CC2)CC1. The second-order valence-corrected chi connectivity index (χ2v) is 9.13. The summed E-state index contributed by atoms with van der Waals surface area (Å²) in [6, 6.07) is 0.151. The maximum atomic E-state index is 12.6. The molecular formula is C21H28N4O5S. The van der Waals surface area contributed by atoms with Crippen LogP contribution in [-0.4, -0.2) is 78.9 Å². The Hall–Kier alpha value is -2.46. The predicted octanol–water partition coefficient (Wildman–Crippen LogP) is 1.16. The Morgan fingerprint density at radius 3 is 2.42 bits per heavy atom. The molecule has 168 valence electrons. The fraction of sp³-hybridized carbons (Fsp3) is 0.619. The summed E-state index contributed by atoms with van der Waals surface area (Å²) in [6.07, 6.45) is 3.98. The summed E-state index contributed by atoms with van der Waals surface area (Å²) in [5, 5.41) is 8.07. The molecule has 2 saturated carbocycles. The number of thiophene rings is 1. The molecule has 0 radical (unpaired) electrons. The third kappa shape index (κ3) is 5.43. The lowest BCUT2D eigenvalue weighted by molar-refractivity contribution is -0.147. The molecule has 1 aliphatic heterocycles. The summed E-state index contributed by atoms with van der Waals surface area (Å²) >= 11 is 1.36. The molecule has 1 aromatic heterocycles. The monoisotopic (exact) mass is 448 g/mol. The van der Waals surface area contributed by atoms with Gasteiger partial charge in [0.05, 0.1) is 18.7 Å². The standard InChI is InChI=1S/C21H28N4O5S/c1-2-30-21(29)17-15(13-3-4-13)12-31-19(17)23-16(26)11-24-7-9-25(10-8-24)20(28)18(27)22-14-5-6-14/h12-14H,2-11H2,1H3,(H,22,27)(H,23,26). The smallest absolute Gasteiger partial charge is 0.341 e. The van der Waals surface area contributed by atoms with Crippen LogP contribution in [0.1, 0.15) is 54.4 Å². The third-order valence-electron chi connectivity index (χ3n) is 5.70. The molecular weight excluding hydrogens is 420 g/mol. The molecule has 0 spiro atoms. The molecule has 0 atom stereocenters. The van der Waals surface area contributed by atoms with Crippen LogP contribution in [-0.2, 0) is 19.1 Å². The molecule has 3 fully saturated rings. The van der Waals surface area contributed by atoms with Gasteiger partial charge < -0.3 is 20.3 Å². The van der Waals surface area contributed by atoms with Crippen molar-refractivity contribution in [3.8, 4) is 0 Å². The molecule has 0 aromatic carbocycles. The minimum absolute atomic E-state index is 0.151. The lowest BCUT2D eigenvalue weighted by atomic mass is 10.1. The van der Waals surface area contributed by atoms with E-state index in [2.05, 4.69) is 10.6 Å². The first kappa shape index (κ1) is 21.8. The highest BCUT2D eigenvalue weighted by Crippen LogP contribution is 2.46.